The minimum absolute atomic E-state index is 0.0264. The number of anilines is 2. The van der Waals surface area contributed by atoms with Gasteiger partial charge in [-0.15, -0.1) is 0 Å². The average molecular weight is 395 g/mol. The predicted octanol–water partition coefficient (Wildman–Crippen LogP) is 4.83. The van der Waals surface area contributed by atoms with Crippen molar-refractivity contribution in [3.05, 3.63) is 53.1 Å². The van der Waals surface area contributed by atoms with Crippen LogP contribution >= 0.6 is 11.3 Å². The summed E-state index contributed by atoms with van der Waals surface area (Å²) in [5, 5.41) is 4.09. The zero-order chi connectivity index (χ0) is 19.7. The molecule has 0 bridgehead atoms. The molecule has 1 fully saturated rings. The Morgan fingerprint density at radius 3 is 2.46 bits per heavy atom. The number of nitrogens with zero attached hydrogens (tertiary/aromatic N) is 3. The van der Waals surface area contributed by atoms with Crippen molar-refractivity contribution in [3.63, 3.8) is 0 Å². The summed E-state index contributed by atoms with van der Waals surface area (Å²) in [4.78, 5) is 21.6. The maximum Gasteiger partial charge on any atom is 0.321 e. The number of rotatable bonds is 3. The van der Waals surface area contributed by atoms with E-state index in [4.69, 9.17) is 4.98 Å². The number of amides is 2. The van der Waals surface area contributed by atoms with Gasteiger partial charge in [0.05, 0.1) is 10.2 Å². The van der Waals surface area contributed by atoms with Crippen LogP contribution in [0, 0.1) is 13.8 Å². The Labute approximate surface area is 170 Å². The lowest BCUT2D eigenvalue weighted by Gasteiger charge is -2.34. The van der Waals surface area contributed by atoms with E-state index >= 15 is 0 Å². The van der Waals surface area contributed by atoms with Crippen molar-refractivity contribution in [2.75, 3.05) is 36.4 Å². The third-order valence-electron chi connectivity index (χ3n) is 5.16. The highest BCUT2D eigenvalue weighted by Crippen LogP contribution is 2.30. The first-order valence-corrected chi connectivity index (χ1v) is 10.6. The molecule has 146 valence electrons. The Kier molecular flexibility index (Phi) is 5.22. The van der Waals surface area contributed by atoms with Gasteiger partial charge in [0.1, 0.15) is 0 Å². The normalized spacial score (nSPS) is 14.5. The molecule has 1 aliphatic rings. The highest BCUT2D eigenvalue weighted by molar-refractivity contribution is 7.22. The molecular formula is C22H26N4OS. The van der Waals surface area contributed by atoms with Crippen molar-refractivity contribution in [2.24, 2.45) is 0 Å². The Morgan fingerprint density at radius 2 is 1.79 bits per heavy atom. The number of piperazine rings is 1. The maximum absolute atomic E-state index is 12.6. The Bertz CT molecular complexity index is 985. The Balaban J connectivity index is 1.39. The predicted molar refractivity (Wildman–Crippen MR) is 118 cm³/mol. The van der Waals surface area contributed by atoms with Gasteiger partial charge in [0.2, 0.25) is 0 Å². The monoisotopic (exact) mass is 394 g/mol. The molecule has 1 N–H and O–H groups in total. The second-order valence-electron chi connectivity index (χ2n) is 7.43. The molecule has 0 spiro atoms. The van der Waals surface area contributed by atoms with E-state index in [0.717, 1.165) is 47.0 Å². The van der Waals surface area contributed by atoms with Crippen molar-refractivity contribution < 1.29 is 4.79 Å². The van der Waals surface area contributed by atoms with Crippen LogP contribution < -0.4 is 10.2 Å². The number of fused-ring (bicyclic) bond motifs is 1. The van der Waals surface area contributed by atoms with Crippen LogP contribution in [0.5, 0.6) is 0 Å². The van der Waals surface area contributed by atoms with E-state index in [9.17, 15) is 4.79 Å². The van der Waals surface area contributed by atoms with Crippen molar-refractivity contribution in [1.82, 2.24) is 9.88 Å². The molecule has 2 aromatic carbocycles. The lowest BCUT2D eigenvalue weighted by molar-refractivity contribution is 0.208. The summed E-state index contributed by atoms with van der Waals surface area (Å²) < 4.78 is 1.24. The van der Waals surface area contributed by atoms with Gasteiger partial charge in [-0.3, -0.25) is 0 Å². The minimum atomic E-state index is -0.0264. The number of thiazole rings is 1. The van der Waals surface area contributed by atoms with E-state index in [2.05, 4.69) is 41.4 Å². The van der Waals surface area contributed by atoms with Crippen LogP contribution in [0.1, 0.15) is 23.6 Å². The molecule has 6 heteroatoms. The van der Waals surface area contributed by atoms with Gasteiger partial charge in [0.25, 0.3) is 0 Å². The summed E-state index contributed by atoms with van der Waals surface area (Å²) in [5.41, 5.74) is 5.58. The van der Waals surface area contributed by atoms with E-state index in [-0.39, 0.29) is 6.03 Å². The van der Waals surface area contributed by atoms with Gasteiger partial charge in [0, 0.05) is 31.9 Å². The first kappa shape index (κ1) is 18.7. The molecule has 3 aromatic rings. The van der Waals surface area contributed by atoms with Crippen LogP contribution in [0.2, 0.25) is 0 Å². The summed E-state index contributed by atoms with van der Waals surface area (Å²) in [6.07, 6.45) is 1.04. The SMILES string of the molecule is CCc1ccc2nc(N3CCN(C(=O)Nc4cc(C)cc(C)c4)CC3)sc2c1. The van der Waals surface area contributed by atoms with Crippen LogP contribution in [-0.4, -0.2) is 42.1 Å². The van der Waals surface area contributed by atoms with Crippen LogP contribution in [-0.2, 0) is 6.42 Å². The summed E-state index contributed by atoms with van der Waals surface area (Å²) in [6.45, 7) is 9.28. The molecule has 2 heterocycles. The van der Waals surface area contributed by atoms with Crippen molar-refractivity contribution in [1.29, 1.82) is 0 Å². The van der Waals surface area contributed by atoms with Crippen LogP contribution in [0.4, 0.5) is 15.6 Å². The second kappa shape index (κ2) is 7.80. The van der Waals surface area contributed by atoms with Crippen LogP contribution in [0.25, 0.3) is 10.2 Å². The molecule has 0 unspecified atom stereocenters. The fourth-order valence-corrected chi connectivity index (χ4v) is 4.74. The van der Waals surface area contributed by atoms with E-state index in [1.165, 1.54) is 10.3 Å². The summed E-state index contributed by atoms with van der Waals surface area (Å²) in [7, 11) is 0. The number of nitrogens with one attached hydrogen (secondary N) is 1. The zero-order valence-corrected chi connectivity index (χ0v) is 17.5. The highest BCUT2D eigenvalue weighted by Gasteiger charge is 2.23. The van der Waals surface area contributed by atoms with Crippen molar-refractivity contribution in [3.8, 4) is 0 Å². The lowest BCUT2D eigenvalue weighted by atomic mass is 10.1. The molecule has 0 saturated carbocycles. The molecule has 5 nitrogen and oxygen atoms in total. The number of hydrogen-bond donors (Lipinski definition) is 1. The second-order valence-corrected chi connectivity index (χ2v) is 8.44. The third-order valence-corrected chi connectivity index (χ3v) is 6.24. The first-order chi connectivity index (χ1) is 13.5. The molecule has 2 amide bonds. The molecular weight excluding hydrogens is 368 g/mol. The number of carbonyl (C=O) groups is 1. The van der Waals surface area contributed by atoms with Gasteiger partial charge in [0.15, 0.2) is 5.13 Å². The average Bonchev–Trinajstić information content (AvgIpc) is 3.10. The number of benzene rings is 2. The van der Waals surface area contributed by atoms with Gasteiger partial charge >= 0.3 is 6.03 Å². The van der Waals surface area contributed by atoms with Gasteiger partial charge in [-0.25, -0.2) is 9.78 Å². The largest absolute Gasteiger partial charge is 0.345 e. The summed E-state index contributed by atoms with van der Waals surface area (Å²) >= 11 is 1.74. The number of urea groups is 1. The Morgan fingerprint density at radius 1 is 1.07 bits per heavy atom. The quantitative estimate of drug-likeness (QED) is 0.692. The lowest BCUT2D eigenvalue weighted by Crippen LogP contribution is -2.50. The third kappa shape index (κ3) is 3.97. The van der Waals surface area contributed by atoms with Gasteiger partial charge < -0.3 is 15.1 Å². The summed E-state index contributed by atoms with van der Waals surface area (Å²) in [6, 6.07) is 12.6. The Hall–Kier alpha value is -2.60. The van der Waals surface area contributed by atoms with Gasteiger partial charge in [-0.05, 0) is 61.2 Å². The van der Waals surface area contributed by atoms with E-state index in [1.54, 1.807) is 11.3 Å². The molecule has 0 radical (unpaired) electrons. The van der Waals surface area contributed by atoms with Gasteiger partial charge in [-0.1, -0.05) is 30.4 Å². The molecule has 0 aliphatic carbocycles. The van der Waals surface area contributed by atoms with E-state index in [0.29, 0.717) is 13.1 Å². The smallest absolute Gasteiger partial charge is 0.321 e. The summed E-state index contributed by atoms with van der Waals surface area (Å²) in [5.74, 6) is 0. The molecule has 1 aliphatic heterocycles. The number of aryl methyl sites for hydroxylation is 3. The van der Waals surface area contributed by atoms with Crippen LogP contribution in [0.15, 0.2) is 36.4 Å². The van der Waals surface area contributed by atoms with Crippen molar-refractivity contribution >= 4 is 38.4 Å². The first-order valence-electron chi connectivity index (χ1n) is 9.80. The highest BCUT2D eigenvalue weighted by atomic mass is 32.1. The number of hydrogen-bond acceptors (Lipinski definition) is 4. The molecule has 4 rings (SSSR count). The zero-order valence-electron chi connectivity index (χ0n) is 16.7. The standard InChI is InChI=1S/C22H26N4OS/c1-4-17-5-6-19-20(14-17)28-22(24-19)26-9-7-25(8-10-26)21(27)23-18-12-15(2)11-16(3)13-18/h5-6,11-14H,4,7-10H2,1-3H3,(H,23,27). The fourth-order valence-electron chi connectivity index (χ4n) is 3.66. The molecule has 1 saturated heterocycles. The van der Waals surface area contributed by atoms with E-state index < -0.39 is 0 Å². The topological polar surface area (TPSA) is 48.5 Å². The molecule has 1 aromatic heterocycles. The molecule has 0 atom stereocenters. The number of carbonyl (C=O) groups excluding carboxylic acids is 1. The maximum atomic E-state index is 12.6. The van der Waals surface area contributed by atoms with Crippen molar-refractivity contribution in [2.45, 2.75) is 27.2 Å². The minimum Gasteiger partial charge on any atom is -0.345 e. The van der Waals surface area contributed by atoms with E-state index in [1.807, 2.05) is 30.9 Å². The van der Waals surface area contributed by atoms with Gasteiger partial charge in [-0.2, -0.15) is 0 Å². The fraction of sp³-hybridized carbons (Fsp3) is 0.364. The number of aromatic nitrogens is 1. The van der Waals surface area contributed by atoms with Crippen LogP contribution in [0.3, 0.4) is 0 Å². The molecule has 28 heavy (non-hydrogen) atoms.